The Bertz CT molecular complexity index is 1170. The van der Waals surface area contributed by atoms with E-state index in [1.165, 1.54) is 0 Å². The molecular weight excluding hydrogens is 324 g/mol. The van der Waals surface area contributed by atoms with Gasteiger partial charge in [0.15, 0.2) is 0 Å². The second-order valence-corrected chi connectivity index (χ2v) is 6.43. The lowest BCUT2D eigenvalue weighted by atomic mass is 10.00. The zero-order valence-electron chi connectivity index (χ0n) is 14.7. The topological polar surface area (TPSA) is 74.7 Å². The first-order chi connectivity index (χ1) is 12.6. The SMILES string of the molecule is CCCc1cc2c(cc1O)ncc1c2c(-c2ccc(C#N)cc2)nn1C. The largest absolute Gasteiger partial charge is 0.508 e. The minimum absolute atomic E-state index is 0.287. The molecule has 1 N–H and O–H groups in total. The normalized spacial score (nSPS) is 11.1. The average molecular weight is 342 g/mol. The van der Waals surface area contributed by atoms with E-state index in [0.29, 0.717) is 5.56 Å². The predicted molar refractivity (Wildman–Crippen MR) is 102 cm³/mol. The Hall–Kier alpha value is -3.39. The van der Waals surface area contributed by atoms with Gasteiger partial charge in [-0.3, -0.25) is 9.67 Å². The number of benzene rings is 2. The van der Waals surface area contributed by atoms with Gasteiger partial charge in [-0.2, -0.15) is 10.4 Å². The van der Waals surface area contributed by atoms with E-state index in [0.717, 1.165) is 51.5 Å². The van der Waals surface area contributed by atoms with Crippen LogP contribution in [-0.4, -0.2) is 19.9 Å². The fourth-order valence-electron chi connectivity index (χ4n) is 3.38. The fourth-order valence-corrected chi connectivity index (χ4v) is 3.38. The summed E-state index contributed by atoms with van der Waals surface area (Å²) in [5, 5.41) is 26.0. The summed E-state index contributed by atoms with van der Waals surface area (Å²) >= 11 is 0. The number of phenols is 1. The predicted octanol–water partition coefficient (Wildman–Crippen LogP) is 4.32. The minimum Gasteiger partial charge on any atom is -0.508 e. The van der Waals surface area contributed by atoms with Crippen LogP contribution in [0.15, 0.2) is 42.6 Å². The number of aromatic hydroxyl groups is 1. The molecule has 4 rings (SSSR count). The van der Waals surface area contributed by atoms with Crippen LogP contribution in [-0.2, 0) is 13.5 Å². The van der Waals surface area contributed by atoms with Gasteiger partial charge in [-0.25, -0.2) is 0 Å². The number of fused-ring (bicyclic) bond motifs is 3. The van der Waals surface area contributed by atoms with Crippen LogP contribution < -0.4 is 0 Å². The van der Waals surface area contributed by atoms with Crippen molar-refractivity contribution in [2.24, 2.45) is 7.05 Å². The maximum Gasteiger partial charge on any atom is 0.120 e. The van der Waals surface area contributed by atoms with Crippen LogP contribution in [0, 0.1) is 11.3 Å². The van der Waals surface area contributed by atoms with Gasteiger partial charge < -0.3 is 5.11 Å². The van der Waals surface area contributed by atoms with Crippen LogP contribution in [0.25, 0.3) is 33.1 Å². The summed E-state index contributed by atoms with van der Waals surface area (Å²) in [4.78, 5) is 4.50. The van der Waals surface area contributed by atoms with E-state index in [9.17, 15) is 5.11 Å². The number of rotatable bonds is 3. The molecule has 0 unspecified atom stereocenters. The molecule has 2 aromatic carbocycles. The summed E-state index contributed by atoms with van der Waals surface area (Å²) in [6.45, 7) is 2.09. The molecule has 0 radical (unpaired) electrons. The summed E-state index contributed by atoms with van der Waals surface area (Å²) in [5.74, 6) is 0.287. The Balaban J connectivity index is 2.05. The Morgan fingerprint density at radius 1 is 1.19 bits per heavy atom. The Labute approximate surface area is 151 Å². The first-order valence-corrected chi connectivity index (χ1v) is 8.60. The van der Waals surface area contributed by atoms with Gasteiger partial charge in [-0.05, 0) is 30.2 Å². The third-order valence-electron chi connectivity index (χ3n) is 4.69. The molecule has 26 heavy (non-hydrogen) atoms. The molecule has 0 atom stereocenters. The first kappa shape index (κ1) is 16.1. The number of hydrogen-bond acceptors (Lipinski definition) is 4. The van der Waals surface area contributed by atoms with Gasteiger partial charge in [0.05, 0.1) is 28.9 Å². The van der Waals surface area contributed by atoms with Gasteiger partial charge in [0, 0.05) is 29.4 Å². The van der Waals surface area contributed by atoms with E-state index in [1.54, 1.807) is 24.4 Å². The first-order valence-electron chi connectivity index (χ1n) is 8.60. The Morgan fingerprint density at radius 2 is 1.96 bits per heavy atom. The van der Waals surface area contributed by atoms with Crippen molar-refractivity contribution in [3.05, 3.63) is 53.7 Å². The zero-order valence-corrected chi connectivity index (χ0v) is 14.7. The van der Waals surface area contributed by atoms with Crippen molar-refractivity contribution in [2.75, 3.05) is 0 Å². The highest BCUT2D eigenvalue weighted by Gasteiger charge is 2.16. The molecule has 2 heterocycles. The van der Waals surface area contributed by atoms with Crippen molar-refractivity contribution >= 4 is 21.8 Å². The molecule has 5 nitrogen and oxygen atoms in total. The van der Waals surface area contributed by atoms with Crippen LogP contribution in [0.3, 0.4) is 0 Å². The molecule has 5 heteroatoms. The minimum atomic E-state index is 0.287. The monoisotopic (exact) mass is 342 g/mol. The van der Waals surface area contributed by atoms with E-state index in [4.69, 9.17) is 10.4 Å². The lowest BCUT2D eigenvalue weighted by Gasteiger charge is -2.07. The summed E-state index contributed by atoms with van der Waals surface area (Å²) in [7, 11) is 1.90. The van der Waals surface area contributed by atoms with Gasteiger partial charge in [-0.15, -0.1) is 0 Å². The molecule has 0 amide bonds. The lowest BCUT2D eigenvalue weighted by molar-refractivity contribution is 0.468. The molecule has 0 spiro atoms. The highest BCUT2D eigenvalue weighted by atomic mass is 16.3. The van der Waals surface area contributed by atoms with E-state index < -0.39 is 0 Å². The molecule has 0 aliphatic heterocycles. The fraction of sp³-hybridized carbons (Fsp3) is 0.190. The van der Waals surface area contributed by atoms with Crippen LogP contribution >= 0.6 is 0 Å². The van der Waals surface area contributed by atoms with Gasteiger partial charge in [-0.1, -0.05) is 25.5 Å². The molecule has 0 aliphatic carbocycles. The molecule has 128 valence electrons. The zero-order chi connectivity index (χ0) is 18.3. The molecule has 4 aromatic rings. The third kappa shape index (κ3) is 2.47. The van der Waals surface area contributed by atoms with Gasteiger partial charge in [0.2, 0.25) is 0 Å². The summed E-state index contributed by atoms with van der Waals surface area (Å²) in [6, 6.07) is 13.3. The molecule has 0 fully saturated rings. The van der Waals surface area contributed by atoms with Gasteiger partial charge >= 0.3 is 0 Å². The lowest BCUT2D eigenvalue weighted by Crippen LogP contribution is -1.91. The number of hydrogen-bond donors (Lipinski definition) is 1. The van der Waals surface area contributed by atoms with Crippen LogP contribution in [0.2, 0.25) is 0 Å². The second kappa shape index (κ2) is 6.16. The molecular formula is C21H18N4O. The Kier molecular flexibility index (Phi) is 3.81. The highest BCUT2D eigenvalue weighted by Crippen LogP contribution is 2.35. The quantitative estimate of drug-likeness (QED) is 0.602. The van der Waals surface area contributed by atoms with Crippen molar-refractivity contribution in [2.45, 2.75) is 19.8 Å². The van der Waals surface area contributed by atoms with Crippen molar-refractivity contribution in [1.82, 2.24) is 14.8 Å². The van der Waals surface area contributed by atoms with Gasteiger partial charge in [0.1, 0.15) is 11.4 Å². The summed E-state index contributed by atoms with van der Waals surface area (Å²) in [6.07, 6.45) is 3.55. The van der Waals surface area contributed by atoms with E-state index in [2.05, 4.69) is 18.0 Å². The number of pyridine rings is 1. The number of phenolic OH excluding ortho intramolecular Hbond substituents is 1. The third-order valence-corrected chi connectivity index (χ3v) is 4.69. The maximum absolute atomic E-state index is 10.3. The molecule has 0 saturated carbocycles. The maximum atomic E-state index is 10.3. The number of nitriles is 1. The van der Waals surface area contributed by atoms with E-state index in [1.807, 2.05) is 29.9 Å². The summed E-state index contributed by atoms with van der Waals surface area (Å²) in [5.41, 5.74) is 5.03. The van der Waals surface area contributed by atoms with Crippen LogP contribution in [0.5, 0.6) is 5.75 Å². The smallest absolute Gasteiger partial charge is 0.120 e. The van der Waals surface area contributed by atoms with Crippen molar-refractivity contribution < 1.29 is 5.11 Å². The average Bonchev–Trinajstić information content (AvgIpc) is 3.00. The van der Waals surface area contributed by atoms with Crippen molar-refractivity contribution in [3.8, 4) is 23.1 Å². The molecule has 2 aromatic heterocycles. The van der Waals surface area contributed by atoms with Crippen molar-refractivity contribution in [3.63, 3.8) is 0 Å². The van der Waals surface area contributed by atoms with Crippen LogP contribution in [0.4, 0.5) is 0 Å². The summed E-state index contributed by atoms with van der Waals surface area (Å²) < 4.78 is 1.82. The number of nitrogens with zero attached hydrogens (tertiary/aromatic N) is 4. The van der Waals surface area contributed by atoms with E-state index >= 15 is 0 Å². The van der Waals surface area contributed by atoms with Crippen LogP contribution in [0.1, 0.15) is 24.5 Å². The number of aryl methyl sites for hydroxylation is 2. The standard InChI is InChI=1S/C21H18N4O/c1-3-4-15-9-16-17(10-19(15)26)23-12-18-20(16)21(24-25(18)2)14-7-5-13(11-22)6-8-14/h5-10,12,26H,3-4H2,1-2H3. The number of aromatic nitrogens is 3. The van der Waals surface area contributed by atoms with Crippen molar-refractivity contribution in [1.29, 1.82) is 5.26 Å². The highest BCUT2D eigenvalue weighted by molar-refractivity contribution is 6.11. The van der Waals surface area contributed by atoms with E-state index in [-0.39, 0.29) is 5.75 Å². The Morgan fingerprint density at radius 3 is 2.65 bits per heavy atom. The molecule has 0 saturated heterocycles. The van der Waals surface area contributed by atoms with Gasteiger partial charge in [0.25, 0.3) is 0 Å². The molecule has 0 aliphatic rings. The second-order valence-electron chi connectivity index (χ2n) is 6.43. The molecule has 0 bridgehead atoms.